The van der Waals surface area contributed by atoms with Gasteiger partial charge in [0, 0.05) is 0 Å². The Morgan fingerprint density at radius 3 is 2.15 bits per heavy atom. The predicted octanol–water partition coefficient (Wildman–Crippen LogP) is 7.87. The summed E-state index contributed by atoms with van der Waals surface area (Å²) in [5.41, 5.74) is 0.629. The third kappa shape index (κ3) is 4.25. The van der Waals surface area contributed by atoms with Crippen LogP contribution in [0.3, 0.4) is 0 Å². The summed E-state index contributed by atoms with van der Waals surface area (Å²) in [7, 11) is 0. The predicted molar refractivity (Wildman–Crippen MR) is 108 cm³/mol. The van der Waals surface area contributed by atoms with E-state index in [1.165, 1.54) is 70.3 Å². The Morgan fingerprint density at radius 1 is 0.778 bits per heavy atom. The van der Waals surface area contributed by atoms with Crippen LogP contribution in [-0.4, -0.2) is 0 Å². The third-order valence-corrected chi connectivity index (χ3v) is 8.33. The Bertz CT molecular complexity index is 617. The van der Waals surface area contributed by atoms with E-state index < -0.39 is 11.6 Å². The first-order valence-corrected chi connectivity index (χ1v) is 11.6. The van der Waals surface area contributed by atoms with Crippen LogP contribution in [0, 0.1) is 41.2 Å². The van der Waals surface area contributed by atoms with Gasteiger partial charge in [-0.2, -0.15) is 0 Å². The van der Waals surface area contributed by atoms with Crippen molar-refractivity contribution in [1.82, 2.24) is 0 Å². The quantitative estimate of drug-likeness (QED) is 0.503. The number of fused-ring (bicyclic) bond motifs is 1. The molecule has 27 heavy (non-hydrogen) atoms. The van der Waals surface area contributed by atoms with Crippen molar-refractivity contribution in [3.8, 4) is 0 Å². The van der Waals surface area contributed by atoms with Gasteiger partial charge in [-0.1, -0.05) is 44.7 Å². The van der Waals surface area contributed by atoms with Gasteiger partial charge < -0.3 is 0 Å². The molecule has 3 saturated carbocycles. The molecule has 1 aromatic carbocycles. The number of halogens is 2. The summed E-state index contributed by atoms with van der Waals surface area (Å²) in [6.45, 7) is 2.32. The Morgan fingerprint density at radius 2 is 1.41 bits per heavy atom. The molecule has 0 heterocycles. The number of hydrogen-bond acceptors (Lipinski definition) is 0. The van der Waals surface area contributed by atoms with Gasteiger partial charge >= 0.3 is 0 Å². The maximum Gasteiger partial charge on any atom is 0.162 e. The molecule has 2 heteroatoms. The number of benzene rings is 1. The summed E-state index contributed by atoms with van der Waals surface area (Å²) >= 11 is 0. The topological polar surface area (TPSA) is 0 Å². The lowest BCUT2D eigenvalue weighted by molar-refractivity contribution is 0.0707. The highest BCUT2D eigenvalue weighted by molar-refractivity contribution is 5.23. The summed E-state index contributed by atoms with van der Waals surface area (Å²) in [6.07, 6.45) is 16.1. The average Bonchev–Trinajstić information content (AvgIpc) is 2.70. The third-order valence-electron chi connectivity index (χ3n) is 8.33. The maximum absolute atomic E-state index is 14.2. The van der Waals surface area contributed by atoms with Crippen LogP contribution in [0.2, 0.25) is 0 Å². The summed E-state index contributed by atoms with van der Waals surface area (Å²) in [5.74, 6) is 3.43. The molecular formula is C25H36F2. The van der Waals surface area contributed by atoms with E-state index in [-0.39, 0.29) is 5.92 Å². The van der Waals surface area contributed by atoms with E-state index in [9.17, 15) is 8.78 Å². The lowest BCUT2D eigenvalue weighted by Crippen LogP contribution is -2.34. The van der Waals surface area contributed by atoms with E-state index in [1.807, 2.05) is 6.07 Å². The van der Waals surface area contributed by atoms with Crippen LogP contribution in [0.4, 0.5) is 8.78 Å². The smallest absolute Gasteiger partial charge is 0.162 e. The van der Waals surface area contributed by atoms with Gasteiger partial charge in [0.25, 0.3) is 0 Å². The molecule has 0 spiro atoms. The van der Waals surface area contributed by atoms with Gasteiger partial charge in [0.2, 0.25) is 0 Å². The molecular weight excluding hydrogens is 338 g/mol. The van der Waals surface area contributed by atoms with Crippen molar-refractivity contribution in [3.05, 3.63) is 35.4 Å². The molecule has 0 nitrogen and oxygen atoms in total. The molecule has 3 aliphatic carbocycles. The zero-order valence-corrected chi connectivity index (χ0v) is 16.9. The minimum Gasteiger partial charge on any atom is -0.204 e. The van der Waals surface area contributed by atoms with Crippen molar-refractivity contribution in [1.29, 1.82) is 0 Å². The SMILES string of the molecule is CCCC1CCC(C2CCC3CC(c4cccc(F)c4F)CCC3C2)CC1. The Kier molecular flexibility index (Phi) is 6.19. The Labute approximate surface area is 164 Å². The van der Waals surface area contributed by atoms with E-state index in [0.717, 1.165) is 42.4 Å². The second kappa shape index (κ2) is 8.62. The van der Waals surface area contributed by atoms with Gasteiger partial charge in [-0.15, -0.1) is 0 Å². The maximum atomic E-state index is 14.2. The van der Waals surface area contributed by atoms with Crippen LogP contribution in [0.15, 0.2) is 18.2 Å². The highest BCUT2D eigenvalue weighted by Crippen LogP contribution is 2.51. The summed E-state index contributed by atoms with van der Waals surface area (Å²) in [6, 6.07) is 4.72. The van der Waals surface area contributed by atoms with E-state index >= 15 is 0 Å². The Hall–Kier alpha value is -0.920. The fourth-order valence-corrected chi connectivity index (χ4v) is 6.83. The van der Waals surface area contributed by atoms with Crippen molar-refractivity contribution < 1.29 is 8.78 Å². The molecule has 0 amide bonds. The molecule has 3 aliphatic rings. The summed E-state index contributed by atoms with van der Waals surface area (Å²) in [5, 5.41) is 0. The zero-order chi connectivity index (χ0) is 18.8. The largest absolute Gasteiger partial charge is 0.204 e. The van der Waals surface area contributed by atoms with Crippen LogP contribution in [0.5, 0.6) is 0 Å². The zero-order valence-electron chi connectivity index (χ0n) is 16.9. The fraction of sp³-hybridized carbons (Fsp3) is 0.760. The second-order valence-electron chi connectivity index (χ2n) is 9.82. The van der Waals surface area contributed by atoms with Crippen LogP contribution in [0.25, 0.3) is 0 Å². The second-order valence-corrected chi connectivity index (χ2v) is 9.82. The first-order valence-electron chi connectivity index (χ1n) is 11.6. The van der Waals surface area contributed by atoms with E-state index in [0.29, 0.717) is 5.56 Å². The van der Waals surface area contributed by atoms with Gasteiger partial charge in [-0.3, -0.25) is 0 Å². The monoisotopic (exact) mass is 374 g/mol. The van der Waals surface area contributed by atoms with Gasteiger partial charge in [0.15, 0.2) is 11.6 Å². The van der Waals surface area contributed by atoms with Crippen LogP contribution in [0.1, 0.15) is 95.5 Å². The normalized spacial score (nSPS) is 37.0. The van der Waals surface area contributed by atoms with Gasteiger partial charge in [-0.05, 0) is 98.5 Å². The number of hydrogen-bond donors (Lipinski definition) is 0. The fourth-order valence-electron chi connectivity index (χ4n) is 6.83. The number of rotatable bonds is 4. The van der Waals surface area contributed by atoms with Crippen molar-refractivity contribution in [2.75, 3.05) is 0 Å². The lowest BCUT2D eigenvalue weighted by atomic mass is 9.60. The van der Waals surface area contributed by atoms with E-state index in [4.69, 9.17) is 0 Å². The lowest BCUT2D eigenvalue weighted by Gasteiger charge is -2.45. The van der Waals surface area contributed by atoms with Gasteiger partial charge in [-0.25, -0.2) is 8.78 Å². The van der Waals surface area contributed by atoms with Crippen molar-refractivity contribution in [3.63, 3.8) is 0 Å². The molecule has 0 saturated heterocycles. The summed E-state index contributed by atoms with van der Waals surface area (Å²) < 4.78 is 27.9. The van der Waals surface area contributed by atoms with Gasteiger partial charge in [0.05, 0.1) is 0 Å². The minimum absolute atomic E-state index is 0.225. The first kappa shape index (κ1) is 19.4. The molecule has 0 aromatic heterocycles. The molecule has 150 valence electrons. The first-order chi connectivity index (χ1) is 13.2. The molecule has 4 rings (SSSR count). The van der Waals surface area contributed by atoms with Crippen molar-refractivity contribution in [2.45, 2.75) is 89.9 Å². The highest BCUT2D eigenvalue weighted by atomic mass is 19.2. The highest BCUT2D eigenvalue weighted by Gasteiger charge is 2.39. The Balaban J connectivity index is 1.32. The van der Waals surface area contributed by atoms with Crippen molar-refractivity contribution >= 4 is 0 Å². The minimum atomic E-state index is -0.683. The molecule has 0 radical (unpaired) electrons. The van der Waals surface area contributed by atoms with Crippen LogP contribution in [-0.2, 0) is 0 Å². The molecule has 3 fully saturated rings. The van der Waals surface area contributed by atoms with Crippen LogP contribution >= 0.6 is 0 Å². The molecule has 4 atom stereocenters. The van der Waals surface area contributed by atoms with Crippen molar-refractivity contribution in [2.24, 2.45) is 29.6 Å². The molecule has 0 N–H and O–H groups in total. The standard InChI is InChI=1S/C25H36F2/c1-2-4-17-7-9-18(10-8-17)19-11-12-21-16-22(14-13-20(21)15-19)23-5-3-6-24(26)25(23)27/h3,5-6,17-22H,2,4,7-16H2,1H3. The molecule has 1 aromatic rings. The molecule has 4 unspecified atom stereocenters. The van der Waals surface area contributed by atoms with Gasteiger partial charge in [0.1, 0.15) is 0 Å². The van der Waals surface area contributed by atoms with E-state index in [2.05, 4.69) is 6.92 Å². The average molecular weight is 375 g/mol. The van der Waals surface area contributed by atoms with Crippen LogP contribution < -0.4 is 0 Å². The molecule has 0 aliphatic heterocycles. The summed E-state index contributed by atoms with van der Waals surface area (Å²) in [4.78, 5) is 0. The molecule has 0 bridgehead atoms. The van der Waals surface area contributed by atoms with E-state index in [1.54, 1.807) is 6.07 Å².